The molecular formula is C19H18N4O2. The predicted molar refractivity (Wildman–Crippen MR) is 97.8 cm³/mol. The van der Waals surface area contributed by atoms with Gasteiger partial charge in [0.05, 0.1) is 7.11 Å². The Morgan fingerprint density at radius 2 is 2.00 bits per heavy atom. The maximum Gasteiger partial charge on any atom is 0.247 e. The highest BCUT2D eigenvalue weighted by atomic mass is 16.5. The minimum atomic E-state index is 0.455. The number of hydrogen-bond donors (Lipinski definition) is 0. The zero-order valence-corrected chi connectivity index (χ0v) is 14.1. The molecule has 0 saturated carbocycles. The van der Waals surface area contributed by atoms with Gasteiger partial charge in [-0.15, -0.1) is 5.10 Å². The van der Waals surface area contributed by atoms with E-state index in [1.165, 1.54) is 0 Å². The molecule has 6 heteroatoms. The van der Waals surface area contributed by atoms with Crippen LogP contribution in [0.25, 0.3) is 11.1 Å². The fraction of sp³-hybridized carbons (Fsp3) is 0.105. The number of ether oxygens (including phenoxy) is 2. The normalized spacial score (nSPS) is 11.8. The van der Waals surface area contributed by atoms with E-state index in [2.05, 4.69) is 21.7 Å². The Bertz CT molecular complexity index is 942. The van der Waals surface area contributed by atoms with Crippen molar-refractivity contribution in [3.05, 3.63) is 73.3 Å². The molecule has 2 aromatic heterocycles. The van der Waals surface area contributed by atoms with Crippen molar-refractivity contribution in [3.8, 4) is 11.6 Å². The first-order valence-corrected chi connectivity index (χ1v) is 7.70. The number of methoxy groups -OCH3 is 1. The third-order valence-corrected chi connectivity index (χ3v) is 3.43. The molecule has 0 spiro atoms. The van der Waals surface area contributed by atoms with Crippen molar-refractivity contribution in [1.82, 2.24) is 14.6 Å². The largest absolute Gasteiger partial charge is 0.484 e. The molecule has 0 amide bonds. The molecule has 25 heavy (non-hydrogen) atoms. The summed E-state index contributed by atoms with van der Waals surface area (Å²) in [6.07, 6.45) is 5.16. The number of hydrogen-bond acceptors (Lipinski definition) is 5. The van der Waals surface area contributed by atoms with Crippen molar-refractivity contribution in [2.45, 2.75) is 6.92 Å². The van der Waals surface area contributed by atoms with Gasteiger partial charge in [0.25, 0.3) is 0 Å². The van der Waals surface area contributed by atoms with E-state index in [4.69, 9.17) is 9.47 Å². The number of rotatable bonds is 5. The van der Waals surface area contributed by atoms with E-state index in [1.807, 2.05) is 48.7 Å². The smallest absolute Gasteiger partial charge is 0.247 e. The Balaban J connectivity index is 1.93. The zero-order chi connectivity index (χ0) is 17.6. The van der Waals surface area contributed by atoms with Crippen LogP contribution in [-0.2, 0) is 4.74 Å². The van der Waals surface area contributed by atoms with Crippen LogP contribution in [0.15, 0.2) is 72.5 Å². The number of aromatic nitrogens is 3. The maximum atomic E-state index is 5.92. The van der Waals surface area contributed by atoms with Gasteiger partial charge in [0.2, 0.25) is 5.88 Å². The Kier molecular flexibility index (Phi) is 4.89. The molecule has 0 unspecified atom stereocenters. The standard InChI is InChI=1S/C19H18N4O2/c1-14(11-12-20-15(2)24-3)18-21-19(17-10-7-13-23(17)22-18)25-16-8-5-4-6-9-16/h4-13H,1H2,2-3H3/b12-11-,20-15+. The van der Waals surface area contributed by atoms with E-state index in [1.54, 1.807) is 30.8 Å². The summed E-state index contributed by atoms with van der Waals surface area (Å²) in [6.45, 7) is 5.76. The molecule has 2 heterocycles. The average molecular weight is 334 g/mol. The van der Waals surface area contributed by atoms with E-state index >= 15 is 0 Å². The highest BCUT2D eigenvalue weighted by molar-refractivity contribution is 5.74. The molecule has 3 rings (SSSR count). The van der Waals surface area contributed by atoms with Crippen LogP contribution in [-0.4, -0.2) is 27.6 Å². The SMILES string of the molecule is C=C(/C=C\N=C(/C)OC)c1nc(Oc2ccccc2)c2cccn2n1. The van der Waals surface area contributed by atoms with Crippen molar-refractivity contribution >= 4 is 17.0 Å². The molecule has 0 N–H and O–H groups in total. The van der Waals surface area contributed by atoms with Gasteiger partial charge in [0, 0.05) is 24.9 Å². The Morgan fingerprint density at radius 3 is 2.76 bits per heavy atom. The van der Waals surface area contributed by atoms with Crippen LogP contribution in [0.1, 0.15) is 12.7 Å². The summed E-state index contributed by atoms with van der Waals surface area (Å²) in [4.78, 5) is 8.61. The first-order valence-electron chi connectivity index (χ1n) is 7.70. The quantitative estimate of drug-likeness (QED) is 0.400. The summed E-state index contributed by atoms with van der Waals surface area (Å²) in [5.41, 5.74) is 1.39. The summed E-state index contributed by atoms with van der Waals surface area (Å²) in [7, 11) is 1.57. The van der Waals surface area contributed by atoms with Crippen molar-refractivity contribution in [2.75, 3.05) is 7.11 Å². The van der Waals surface area contributed by atoms with E-state index in [0.717, 1.165) is 5.52 Å². The molecule has 0 aliphatic carbocycles. The van der Waals surface area contributed by atoms with Gasteiger partial charge >= 0.3 is 0 Å². The van der Waals surface area contributed by atoms with Crippen molar-refractivity contribution in [3.63, 3.8) is 0 Å². The van der Waals surface area contributed by atoms with Crippen molar-refractivity contribution in [1.29, 1.82) is 0 Å². The fourth-order valence-electron chi connectivity index (χ4n) is 2.08. The van der Waals surface area contributed by atoms with Gasteiger partial charge in [0.1, 0.15) is 11.3 Å². The zero-order valence-electron chi connectivity index (χ0n) is 14.1. The third-order valence-electron chi connectivity index (χ3n) is 3.43. The molecule has 0 bridgehead atoms. The molecule has 3 aromatic rings. The lowest BCUT2D eigenvalue weighted by molar-refractivity contribution is 0.400. The monoisotopic (exact) mass is 334 g/mol. The number of fused-ring (bicyclic) bond motifs is 1. The first-order chi connectivity index (χ1) is 12.2. The van der Waals surface area contributed by atoms with Crippen LogP contribution < -0.4 is 4.74 Å². The third kappa shape index (κ3) is 3.92. The molecule has 0 fully saturated rings. The Labute approximate surface area is 145 Å². The summed E-state index contributed by atoms with van der Waals surface area (Å²) in [5.74, 6) is 2.18. The molecular weight excluding hydrogens is 316 g/mol. The highest BCUT2D eigenvalue weighted by Gasteiger charge is 2.11. The van der Waals surface area contributed by atoms with E-state index in [9.17, 15) is 0 Å². The fourth-order valence-corrected chi connectivity index (χ4v) is 2.08. The minimum Gasteiger partial charge on any atom is -0.484 e. The summed E-state index contributed by atoms with van der Waals surface area (Å²) in [6, 6.07) is 13.3. The van der Waals surface area contributed by atoms with Crippen LogP contribution in [0.3, 0.4) is 0 Å². The molecule has 1 aromatic carbocycles. The average Bonchev–Trinajstić information content (AvgIpc) is 3.11. The lowest BCUT2D eigenvalue weighted by atomic mass is 10.3. The van der Waals surface area contributed by atoms with Crippen LogP contribution in [0.5, 0.6) is 11.6 Å². The number of para-hydroxylation sites is 1. The summed E-state index contributed by atoms with van der Waals surface area (Å²) in [5, 5.41) is 4.45. The van der Waals surface area contributed by atoms with Gasteiger partial charge in [-0.1, -0.05) is 24.8 Å². The topological polar surface area (TPSA) is 61.0 Å². The van der Waals surface area contributed by atoms with E-state index < -0.39 is 0 Å². The van der Waals surface area contributed by atoms with Crippen LogP contribution in [0, 0.1) is 0 Å². The summed E-state index contributed by atoms with van der Waals surface area (Å²) >= 11 is 0. The second-order valence-electron chi connectivity index (χ2n) is 5.19. The summed E-state index contributed by atoms with van der Waals surface area (Å²) < 4.78 is 12.6. The lowest BCUT2D eigenvalue weighted by Gasteiger charge is -2.08. The van der Waals surface area contributed by atoms with Gasteiger partial charge in [-0.3, -0.25) is 0 Å². The number of allylic oxidation sites excluding steroid dienone is 2. The van der Waals surface area contributed by atoms with Crippen molar-refractivity contribution in [2.24, 2.45) is 4.99 Å². The highest BCUT2D eigenvalue weighted by Crippen LogP contribution is 2.25. The van der Waals surface area contributed by atoms with Crippen LogP contribution in [0.4, 0.5) is 0 Å². The number of aliphatic imine (C=N–C) groups is 1. The molecule has 0 radical (unpaired) electrons. The molecule has 6 nitrogen and oxygen atoms in total. The number of nitrogens with zero attached hydrogens (tertiary/aromatic N) is 4. The van der Waals surface area contributed by atoms with Gasteiger partial charge in [-0.2, -0.15) is 4.98 Å². The molecule has 0 saturated heterocycles. The Morgan fingerprint density at radius 1 is 1.20 bits per heavy atom. The minimum absolute atomic E-state index is 0.455. The lowest BCUT2D eigenvalue weighted by Crippen LogP contribution is -2.02. The molecule has 0 aliphatic rings. The van der Waals surface area contributed by atoms with Crippen LogP contribution >= 0.6 is 0 Å². The van der Waals surface area contributed by atoms with Gasteiger partial charge in [0.15, 0.2) is 11.7 Å². The second kappa shape index (κ2) is 7.44. The molecule has 126 valence electrons. The predicted octanol–water partition coefficient (Wildman–Crippen LogP) is 4.11. The molecule has 0 atom stereocenters. The van der Waals surface area contributed by atoms with Gasteiger partial charge < -0.3 is 9.47 Å². The maximum absolute atomic E-state index is 5.92. The first kappa shape index (κ1) is 16.4. The second-order valence-corrected chi connectivity index (χ2v) is 5.19. The molecule has 0 aliphatic heterocycles. The number of benzene rings is 1. The van der Waals surface area contributed by atoms with E-state index in [-0.39, 0.29) is 0 Å². The van der Waals surface area contributed by atoms with Gasteiger partial charge in [-0.25, -0.2) is 9.51 Å². The Hall–Kier alpha value is -3.41. The van der Waals surface area contributed by atoms with Crippen LogP contribution in [0.2, 0.25) is 0 Å². The van der Waals surface area contributed by atoms with E-state index in [0.29, 0.717) is 28.9 Å². The van der Waals surface area contributed by atoms with Crippen molar-refractivity contribution < 1.29 is 9.47 Å². The van der Waals surface area contributed by atoms with Gasteiger partial charge in [-0.05, 0) is 30.3 Å².